The highest BCUT2D eigenvalue weighted by atomic mass is 16.2. The lowest BCUT2D eigenvalue weighted by molar-refractivity contribution is -0.117. The monoisotopic (exact) mass is 298 g/mol. The van der Waals surface area contributed by atoms with Gasteiger partial charge in [0, 0.05) is 31.2 Å². The molecule has 0 bridgehead atoms. The fraction of sp³-hybridized carbons (Fsp3) is 0.632. The third-order valence-corrected chi connectivity index (χ3v) is 5.79. The summed E-state index contributed by atoms with van der Waals surface area (Å²) in [6.45, 7) is 5.82. The van der Waals surface area contributed by atoms with Crippen molar-refractivity contribution in [2.45, 2.75) is 51.0 Å². The van der Waals surface area contributed by atoms with E-state index < -0.39 is 0 Å². The van der Waals surface area contributed by atoms with Gasteiger partial charge in [-0.05, 0) is 68.7 Å². The molecular weight excluding hydrogens is 272 g/mol. The molecule has 0 unspecified atom stereocenters. The molecule has 3 atom stereocenters. The summed E-state index contributed by atoms with van der Waals surface area (Å²) < 4.78 is 0. The zero-order valence-electron chi connectivity index (χ0n) is 13.5. The molecule has 22 heavy (non-hydrogen) atoms. The molecule has 2 heterocycles. The maximum absolute atomic E-state index is 11.8. The number of carbonyl (C=O) groups excluding carboxylic acids is 1. The Balaban J connectivity index is 1.37. The van der Waals surface area contributed by atoms with Gasteiger partial charge in [-0.15, -0.1) is 0 Å². The maximum Gasteiger partial charge on any atom is 0.227 e. The van der Waals surface area contributed by atoms with E-state index in [-0.39, 0.29) is 5.91 Å². The number of nitrogens with zero attached hydrogens (tertiary/aromatic N) is 2. The molecule has 1 aliphatic carbocycles. The van der Waals surface area contributed by atoms with Gasteiger partial charge in [0.1, 0.15) is 0 Å². The number of rotatable bonds is 4. The standard InChI is InChI=1S/C19H26N2O/c1-14-4-2-10-20(14)13-16-12-18(16)15-6-8-17(9-7-15)21-11-3-5-19(21)22/h6-9,14,16,18H,2-5,10-13H2,1H3/t14-,16-,18-/m1/s1. The van der Waals surface area contributed by atoms with Gasteiger partial charge in [-0.3, -0.25) is 4.79 Å². The smallest absolute Gasteiger partial charge is 0.227 e. The van der Waals surface area contributed by atoms with Gasteiger partial charge in [0.25, 0.3) is 0 Å². The van der Waals surface area contributed by atoms with Crippen molar-refractivity contribution in [1.29, 1.82) is 0 Å². The Morgan fingerprint density at radius 3 is 2.59 bits per heavy atom. The molecule has 1 amide bonds. The van der Waals surface area contributed by atoms with Gasteiger partial charge in [-0.2, -0.15) is 0 Å². The second kappa shape index (κ2) is 5.69. The van der Waals surface area contributed by atoms with Crippen molar-refractivity contribution >= 4 is 11.6 Å². The van der Waals surface area contributed by atoms with Gasteiger partial charge in [-0.1, -0.05) is 12.1 Å². The number of hydrogen-bond donors (Lipinski definition) is 0. The highest BCUT2D eigenvalue weighted by molar-refractivity contribution is 5.95. The fourth-order valence-electron chi connectivity index (χ4n) is 4.25. The summed E-state index contributed by atoms with van der Waals surface area (Å²) in [5.74, 6) is 1.87. The molecule has 3 aliphatic rings. The number of likely N-dealkylation sites (tertiary alicyclic amines) is 1. The van der Waals surface area contributed by atoms with Crippen LogP contribution in [-0.2, 0) is 4.79 Å². The molecule has 0 radical (unpaired) electrons. The van der Waals surface area contributed by atoms with Crippen LogP contribution in [0, 0.1) is 5.92 Å². The molecular formula is C19H26N2O. The van der Waals surface area contributed by atoms with Crippen molar-refractivity contribution < 1.29 is 4.79 Å². The van der Waals surface area contributed by atoms with Gasteiger partial charge in [-0.25, -0.2) is 0 Å². The Bertz CT molecular complexity index is 553. The Kier molecular flexibility index (Phi) is 3.69. The first-order valence-corrected chi connectivity index (χ1v) is 8.87. The highest BCUT2D eigenvalue weighted by Gasteiger charge is 2.40. The van der Waals surface area contributed by atoms with E-state index in [4.69, 9.17) is 0 Å². The minimum Gasteiger partial charge on any atom is -0.312 e. The third kappa shape index (κ3) is 2.67. The van der Waals surface area contributed by atoms with Crippen molar-refractivity contribution in [1.82, 2.24) is 4.90 Å². The number of anilines is 1. The topological polar surface area (TPSA) is 23.6 Å². The summed E-state index contributed by atoms with van der Waals surface area (Å²) in [7, 11) is 0. The molecule has 4 rings (SSSR count). The minimum absolute atomic E-state index is 0.278. The molecule has 0 aromatic heterocycles. The average Bonchev–Trinajstić information content (AvgIpc) is 2.97. The van der Waals surface area contributed by atoms with E-state index in [9.17, 15) is 4.79 Å². The molecule has 3 fully saturated rings. The molecule has 118 valence electrons. The van der Waals surface area contributed by atoms with Crippen LogP contribution >= 0.6 is 0 Å². The molecule has 0 N–H and O–H groups in total. The van der Waals surface area contributed by atoms with Gasteiger partial charge in [0.2, 0.25) is 5.91 Å². The average molecular weight is 298 g/mol. The summed E-state index contributed by atoms with van der Waals surface area (Å²) in [6, 6.07) is 9.57. The van der Waals surface area contributed by atoms with E-state index >= 15 is 0 Å². The number of amides is 1. The number of hydrogen-bond acceptors (Lipinski definition) is 2. The largest absolute Gasteiger partial charge is 0.312 e. The Hall–Kier alpha value is -1.35. The molecule has 2 saturated heterocycles. The van der Waals surface area contributed by atoms with Crippen LogP contribution in [0.4, 0.5) is 5.69 Å². The van der Waals surface area contributed by atoms with Crippen LogP contribution in [0.1, 0.15) is 50.5 Å². The molecule has 3 nitrogen and oxygen atoms in total. The summed E-state index contributed by atoms with van der Waals surface area (Å²) >= 11 is 0. The lowest BCUT2D eigenvalue weighted by Gasteiger charge is -2.21. The van der Waals surface area contributed by atoms with Gasteiger partial charge in [0.15, 0.2) is 0 Å². The van der Waals surface area contributed by atoms with Crippen LogP contribution < -0.4 is 4.90 Å². The van der Waals surface area contributed by atoms with Crippen LogP contribution in [0.15, 0.2) is 24.3 Å². The highest BCUT2D eigenvalue weighted by Crippen LogP contribution is 2.48. The minimum atomic E-state index is 0.278. The summed E-state index contributed by atoms with van der Waals surface area (Å²) in [4.78, 5) is 16.4. The predicted octanol–water partition coefficient (Wildman–Crippen LogP) is 3.40. The Labute approximate surface area is 133 Å². The van der Waals surface area contributed by atoms with Crippen LogP contribution in [-0.4, -0.2) is 36.5 Å². The molecule has 1 saturated carbocycles. The first-order valence-electron chi connectivity index (χ1n) is 8.87. The zero-order chi connectivity index (χ0) is 15.1. The van der Waals surface area contributed by atoms with E-state index in [1.54, 1.807) is 0 Å². The first kappa shape index (κ1) is 14.3. The second-order valence-electron chi connectivity index (χ2n) is 7.33. The van der Waals surface area contributed by atoms with Gasteiger partial charge < -0.3 is 9.80 Å². The van der Waals surface area contributed by atoms with Crippen molar-refractivity contribution in [3.8, 4) is 0 Å². The lowest BCUT2D eigenvalue weighted by atomic mass is 10.1. The summed E-state index contributed by atoms with van der Waals surface area (Å²) in [5.41, 5.74) is 2.55. The van der Waals surface area contributed by atoms with Crippen molar-refractivity contribution in [2.24, 2.45) is 5.92 Å². The zero-order valence-corrected chi connectivity index (χ0v) is 13.5. The Morgan fingerprint density at radius 1 is 1.14 bits per heavy atom. The Morgan fingerprint density at radius 2 is 1.95 bits per heavy atom. The fourth-order valence-corrected chi connectivity index (χ4v) is 4.25. The summed E-state index contributed by atoms with van der Waals surface area (Å²) in [5, 5.41) is 0. The number of carbonyl (C=O) groups is 1. The molecule has 1 aromatic rings. The molecule has 1 aromatic carbocycles. The van der Waals surface area contributed by atoms with E-state index in [0.717, 1.165) is 36.5 Å². The van der Waals surface area contributed by atoms with Crippen LogP contribution in [0.3, 0.4) is 0 Å². The van der Waals surface area contributed by atoms with Crippen LogP contribution in [0.2, 0.25) is 0 Å². The second-order valence-corrected chi connectivity index (χ2v) is 7.33. The first-order chi connectivity index (χ1) is 10.7. The van der Waals surface area contributed by atoms with Crippen LogP contribution in [0.5, 0.6) is 0 Å². The molecule has 0 spiro atoms. The van der Waals surface area contributed by atoms with Gasteiger partial charge >= 0.3 is 0 Å². The van der Waals surface area contributed by atoms with Crippen molar-refractivity contribution in [2.75, 3.05) is 24.5 Å². The SMILES string of the molecule is C[C@@H]1CCCN1C[C@H]1C[C@@H]1c1ccc(N2CCCC2=O)cc1. The summed E-state index contributed by atoms with van der Waals surface area (Å²) in [6.07, 6.45) is 5.79. The van der Waals surface area contributed by atoms with Crippen LogP contribution in [0.25, 0.3) is 0 Å². The van der Waals surface area contributed by atoms with Gasteiger partial charge in [0.05, 0.1) is 0 Å². The lowest BCUT2D eigenvalue weighted by Crippen LogP contribution is -2.29. The van der Waals surface area contributed by atoms with E-state index in [1.165, 1.54) is 37.9 Å². The van der Waals surface area contributed by atoms with E-state index in [1.807, 2.05) is 4.90 Å². The molecule has 3 heteroatoms. The normalized spacial score (nSPS) is 32.0. The maximum atomic E-state index is 11.8. The molecule has 2 aliphatic heterocycles. The van der Waals surface area contributed by atoms with Crippen molar-refractivity contribution in [3.05, 3.63) is 29.8 Å². The van der Waals surface area contributed by atoms with E-state index in [2.05, 4.69) is 36.1 Å². The van der Waals surface area contributed by atoms with E-state index in [0.29, 0.717) is 6.42 Å². The third-order valence-electron chi connectivity index (χ3n) is 5.79. The quantitative estimate of drug-likeness (QED) is 0.850. The number of benzene rings is 1. The van der Waals surface area contributed by atoms with Crippen molar-refractivity contribution in [3.63, 3.8) is 0 Å². The predicted molar refractivity (Wildman–Crippen MR) is 89.1 cm³/mol.